The van der Waals surface area contributed by atoms with Crippen molar-refractivity contribution in [3.63, 3.8) is 0 Å². The molecule has 1 rings (SSSR count). The average molecular weight is 375 g/mol. The van der Waals surface area contributed by atoms with Gasteiger partial charge in [-0.1, -0.05) is 0 Å². The number of hydrogen-bond donors (Lipinski definition) is 3. The molecule has 7 nitrogen and oxygen atoms in total. The zero-order chi connectivity index (χ0) is 19.8. The molecule has 0 bridgehead atoms. The molecule has 0 aliphatic rings. The summed E-state index contributed by atoms with van der Waals surface area (Å²) in [6, 6.07) is 2.10. The molecule has 0 fully saturated rings. The number of nitrogens with one attached hydrogen (secondary N) is 3. The van der Waals surface area contributed by atoms with Crippen molar-refractivity contribution in [2.45, 2.75) is 32.5 Å². The van der Waals surface area contributed by atoms with Gasteiger partial charge in [0.05, 0.1) is 13.1 Å². The molecule has 0 spiro atoms. The normalized spacial score (nSPS) is 12.5. The first-order valence-electron chi connectivity index (χ1n) is 7.93. The molecule has 0 aliphatic carbocycles. The first-order valence-corrected chi connectivity index (χ1v) is 7.93. The topological polar surface area (TPSA) is 87.6 Å². The van der Waals surface area contributed by atoms with Gasteiger partial charge < -0.3 is 20.7 Å². The number of halogens is 3. The number of guanidine groups is 1. The van der Waals surface area contributed by atoms with E-state index in [1.54, 1.807) is 0 Å². The fraction of sp³-hybridized carbons (Fsp3) is 0.562. The van der Waals surface area contributed by atoms with Crippen LogP contribution in [0, 0.1) is 0 Å². The van der Waals surface area contributed by atoms with E-state index in [-0.39, 0.29) is 31.1 Å². The Morgan fingerprint density at radius 1 is 1.27 bits per heavy atom. The van der Waals surface area contributed by atoms with Crippen molar-refractivity contribution in [3.05, 3.63) is 23.9 Å². The molecule has 26 heavy (non-hydrogen) atoms. The molecule has 1 amide bonds. The lowest BCUT2D eigenvalue weighted by Gasteiger charge is -2.21. The largest absolute Gasteiger partial charge is 0.475 e. The Morgan fingerprint density at radius 3 is 2.54 bits per heavy atom. The minimum atomic E-state index is -4.53. The third-order valence-electron chi connectivity index (χ3n) is 2.86. The van der Waals surface area contributed by atoms with Crippen LogP contribution < -0.4 is 20.7 Å². The summed E-state index contributed by atoms with van der Waals surface area (Å²) in [5.41, 5.74) is -1.27. The molecule has 3 N–H and O–H groups in total. The lowest BCUT2D eigenvalue weighted by atomic mass is 10.1. The number of alkyl halides is 3. The molecule has 10 heteroatoms. The summed E-state index contributed by atoms with van der Waals surface area (Å²) in [6.07, 6.45) is -3.30. The van der Waals surface area contributed by atoms with E-state index in [9.17, 15) is 18.0 Å². The maximum Gasteiger partial charge on any atom is 0.421 e. The second-order valence-electron chi connectivity index (χ2n) is 6.35. The van der Waals surface area contributed by atoms with E-state index in [2.05, 4.69) is 25.9 Å². The van der Waals surface area contributed by atoms with Crippen LogP contribution >= 0.6 is 0 Å². The highest BCUT2D eigenvalue weighted by atomic mass is 19.4. The number of rotatable bonds is 6. The lowest BCUT2D eigenvalue weighted by molar-refractivity contribution is -0.139. The smallest absolute Gasteiger partial charge is 0.421 e. The SMILES string of the molecule is CN=C(NCCOc1ncccc1C(F)(F)F)NCC(=O)NC(C)(C)C. The molecule has 1 aromatic rings. The van der Waals surface area contributed by atoms with Crippen molar-refractivity contribution in [2.75, 3.05) is 26.7 Å². The van der Waals surface area contributed by atoms with Gasteiger partial charge in [0.25, 0.3) is 0 Å². The molecule has 0 aliphatic heterocycles. The zero-order valence-electron chi connectivity index (χ0n) is 15.2. The molecule has 0 saturated heterocycles. The Hall–Kier alpha value is -2.52. The van der Waals surface area contributed by atoms with E-state index in [1.165, 1.54) is 19.3 Å². The van der Waals surface area contributed by atoms with E-state index >= 15 is 0 Å². The second-order valence-corrected chi connectivity index (χ2v) is 6.35. The quantitative estimate of drug-likeness (QED) is 0.399. The van der Waals surface area contributed by atoms with Crippen molar-refractivity contribution in [1.82, 2.24) is 20.9 Å². The second kappa shape index (κ2) is 9.25. The highest BCUT2D eigenvalue weighted by Gasteiger charge is 2.34. The number of aromatic nitrogens is 1. The summed E-state index contributed by atoms with van der Waals surface area (Å²) in [7, 11) is 1.51. The van der Waals surface area contributed by atoms with E-state index < -0.39 is 17.6 Å². The van der Waals surface area contributed by atoms with Crippen LogP contribution in [0.5, 0.6) is 5.88 Å². The standard InChI is InChI=1S/C16H24F3N5O2/c1-15(2,3)24-12(25)10-23-14(20-4)22-8-9-26-13-11(16(17,18)19)6-5-7-21-13/h5-7H,8-10H2,1-4H3,(H,24,25)(H2,20,22,23). The Bertz CT molecular complexity index is 627. The number of amides is 1. The molecule has 0 unspecified atom stereocenters. The highest BCUT2D eigenvalue weighted by Crippen LogP contribution is 2.34. The zero-order valence-corrected chi connectivity index (χ0v) is 15.2. The number of carbonyl (C=O) groups excluding carboxylic acids is 1. The van der Waals surface area contributed by atoms with Crippen molar-refractivity contribution in [3.8, 4) is 5.88 Å². The van der Waals surface area contributed by atoms with Crippen LogP contribution in [0.25, 0.3) is 0 Å². The molecule has 146 valence electrons. The molecule has 0 saturated carbocycles. The number of nitrogens with zero attached hydrogens (tertiary/aromatic N) is 2. The Morgan fingerprint density at radius 2 is 1.96 bits per heavy atom. The molecule has 0 atom stereocenters. The summed E-state index contributed by atoms with van der Waals surface area (Å²) in [6.45, 7) is 5.71. The third kappa shape index (κ3) is 8.04. The van der Waals surface area contributed by atoms with Crippen molar-refractivity contribution in [1.29, 1.82) is 0 Å². The van der Waals surface area contributed by atoms with Gasteiger partial charge in [-0.15, -0.1) is 0 Å². The van der Waals surface area contributed by atoms with Gasteiger partial charge in [0.15, 0.2) is 5.96 Å². The minimum Gasteiger partial charge on any atom is -0.475 e. The van der Waals surface area contributed by atoms with Gasteiger partial charge in [-0.2, -0.15) is 13.2 Å². The first kappa shape index (κ1) is 21.5. The number of aliphatic imine (C=N–C) groups is 1. The summed E-state index contributed by atoms with van der Waals surface area (Å²) in [4.78, 5) is 19.3. The van der Waals surface area contributed by atoms with Crippen molar-refractivity contribution < 1.29 is 22.7 Å². The highest BCUT2D eigenvalue weighted by molar-refractivity contribution is 5.86. The van der Waals surface area contributed by atoms with Gasteiger partial charge in [0, 0.05) is 18.8 Å². The fourth-order valence-electron chi connectivity index (χ4n) is 1.89. The van der Waals surface area contributed by atoms with Crippen LogP contribution in [0.1, 0.15) is 26.3 Å². The summed E-state index contributed by atoms with van der Waals surface area (Å²) in [5.74, 6) is -0.357. The molecule has 1 aromatic heterocycles. The molecule has 0 aromatic carbocycles. The van der Waals surface area contributed by atoms with E-state index in [1.807, 2.05) is 20.8 Å². The number of hydrogen-bond acceptors (Lipinski definition) is 4. The van der Waals surface area contributed by atoms with Crippen LogP contribution in [-0.4, -0.2) is 49.1 Å². The van der Waals surface area contributed by atoms with Gasteiger partial charge in [-0.05, 0) is 32.9 Å². The van der Waals surface area contributed by atoms with E-state index in [0.717, 1.165) is 6.07 Å². The predicted octanol–water partition coefficient (Wildman–Crippen LogP) is 1.56. The number of carbonyl (C=O) groups is 1. The monoisotopic (exact) mass is 375 g/mol. The van der Waals surface area contributed by atoms with Gasteiger partial charge in [-0.25, -0.2) is 4.98 Å². The first-order chi connectivity index (χ1) is 12.0. The molecular formula is C16H24F3N5O2. The third-order valence-corrected chi connectivity index (χ3v) is 2.86. The summed E-state index contributed by atoms with van der Waals surface area (Å²) < 4.78 is 43.6. The Kier molecular flexibility index (Phi) is 7.66. The van der Waals surface area contributed by atoms with Crippen LogP contribution in [0.15, 0.2) is 23.3 Å². The van der Waals surface area contributed by atoms with Gasteiger partial charge >= 0.3 is 6.18 Å². The van der Waals surface area contributed by atoms with Crippen LogP contribution in [0.4, 0.5) is 13.2 Å². The maximum atomic E-state index is 12.8. The van der Waals surface area contributed by atoms with Crippen molar-refractivity contribution >= 4 is 11.9 Å². The Labute approximate surface area is 150 Å². The van der Waals surface area contributed by atoms with E-state index in [0.29, 0.717) is 5.96 Å². The van der Waals surface area contributed by atoms with Crippen LogP contribution in [0.2, 0.25) is 0 Å². The van der Waals surface area contributed by atoms with Crippen LogP contribution in [0.3, 0.4) is 0 Å². The molecule has 1 heterocycles. The lowest BCUT2D eigenvalue weighted by Crippen LogP contribution is -2.48. The number of ether oxygens (including phenoxy) is 1. The average Bonchev–Trinajstić information content (AvgIpc) is 2.52. The number of pyridine rings is 1. The summed E-state index contributed by atoms with van der Waals surface area (Å²) in [5, 5.41) is 8.43. The van der Waals surface area contributed by atoms with Crippen molar-refractivity contribution in [2.24, 2.45) is 4.99 Å². The van der Waals surface area contributed by atoms with Gasteiger partial charge in [0.1, 0.15) is 12.2 Å². The van der Waals surface area contributed by atoms with Gasteiger partial charge in [-0.3, -0.25) is 9.79 Å². The van der Waals surface area contributed by atoms with Gasteiger partial charge in [0.2, 0.25) is 11.8 Å². The Balaban J connectivity index is 2.42. The summed E-state index contributed by atoms with van der Waals surface area (Å²) >= 11 is 0. The molecule has 0 radical (unpaired) electrons. The maximum absolute atomic E-state index is 12.8. The fourth-order valence-corrected chi connectivity index (χ4v) is 1.89. The predicted molar refractivity (Wildman–Crippen MR) is 92.0 cm³/mol. The van der Waals surface area contributed by atoms with Crippen LogP contribution in [-0.2, 0) is 11.0 Å². The molecular weight excluding hydrogens is 351 g/mol. The minimum absolute atomic E-state index is 0.0102. The van der Waals surface area contributed by atoms with E-state index in [4.69, 9.17) is 4.74 Å².